The highest BCUT2D eigenvalue weighted by Crippen LogP contribution is 2.09. The van der Waals surface area contributed by atoms with Gasteiger partial charge in [0.2, 0.25) is 0 Å². The van der Waals surface area contributed by atoms with Gasteiger partial charge in [-0.05, 0) is 19.1 Å². The minimum absolute atomic E-state index is 0.0755. The standard InChI is InChI=1S/C12H24O2S/c1-3-5-6-7-8-9-10-15-11-12(13)14-4-2/h3-11H2,1-2H3. The molecule has 0 saturated heterocycles. The zero-order valence-electron chi connectivity index (χ0n) is 10.1. The van der Waals surface area contributed by atoms with Gasteiger partial charge in [0.05, 0.1) is 12.4 Å². The van der Waals surface area contributed by atoms with E-state index in [2.05, 4.69) is 6.92 Å². The van der Waals surface area contributed by atoms with Crippen molar-refractivity contribution >= 4 is 17.7 Å². The van der Waals surface area contributed by atoms with E-state index in [0.717, 1.165) is 5.75 Å². The third-order valence-electron chi connectivity index (χ3n) is 2.17. The molecular formula is C12H24O2S. The Bertz CT molecular complexity index is 149. The summed E-state index contributed by atoms with van der Waals surface area (Å²) in [5.74, 6) is 1.53. The van der Waals surface area contributed by atoms with E-state index in [4.69, 9.17) is 4.74 Å². The summed E-state index contributed by atoms with van der Waals surface area (Å²) in [5.41, 5.74) is 0. The number of hydrogen-bond acceptors (Lipinski definition) is 3. The molecule has 0 aromatic rings. The van der Waals surface area contributed by atoms with Crippen LogP contribution in [0.4, 0.5) is 0 Å². The lowest BCUT2D eigenvalue weighted by molar-refractivity contribution is -0.139. The van der Waals surface area contributed by atoms with Gasteiger partial charge in [-0.15, -0.1) is 0 Å². The summed E-state index contributed by atoms with van der Waals surface area (Å²) in [7, 11) is 0. The summed E-state index contributed by atoms with van der Waals surface area (Å²) >= 11 is 1.69. The molecule has 0 spiro atoms. The predicted molar refractivity (Wildman–Crippen MR) is 67.3 cm³/mol. The van der Waals surface area contributed by atoms with Crippen LogP contribution in [0.3, 0.4) is 0 Å². The number of hydrogen-bond donors (Lipinski definition) is 0. The Labute approximate surface area is 98.2 Å². The molecule has 0 heterocycles. The molecule has 0 N–H and O–H groups in total. The average molecular weight is 232 g/mol. The fourth-order valence-electron chi connectivity index (χ4n) is 1.34. The van der Waals surface area contributed by atoms with Crippen LogP contribution in [-0.4, -0.2) is 24.1 Å². The molecule has 0 aromatic carbocycles. The molecule has 2 nitrogen and oxygen atoms in total. The van der Waals surface area contributed by atoms with E-state index in [1.54, 1.807) is 11.8 Å². The third kappa shape index (κ3) is 11.7. The molecule has 0 unspecified atom stereocenters. The predicted octanol–water partition coefficient (Wildman–Crippen LogP) is 3.64. The summed E-state index contributed by atoms with van der Waals surface area (Å²) < 4.78 is 4.84. The van der Waals surface area contributed by atoms with Gasteiger partial charge in [-0.25, -0.2) is 0 Å². The maximum absolute atomic E-state index is 11.0. The van der Waals surface area contributed by atoms with E-state index < -0.39 is 0 Å². The van der Waals surface area contributed by atoms with Crippen LogP contribution in [0.1, 0.15) is 52.4 Å². The first-order chi connectivity index (χ1) is 7.31. The number of unbranched alkanes of at least 4 members (excludes halogenated alkanes) is 5. The van der Waals surface area contributed by atoms with E-state index in [1.165, 1.54) is 38.5 Å². The maximum atomic E-state index is 11.0. The molecule has 0 radical (unpaired) electrons. The molecule has 0 saturated carbocycles. The van der Waals surface area contributed by atoms with Gasteiger partial charge in [0.15, 0.2) is 0 Å². The highest BCUT2D eigenvalue weighted by atomic mass is 32.2. The molecule has 0 amide bonds. The van der Waals surface area contributed by atoms with Crippen molar-refractivity contribution in [3.63, 3.8) is 0 Å². The fourth-order valence-corrected chi connectivity index (χ4v) is 2.15. The molecule has 0 aromatic heterocycles. The summed E-state index contributed by atoms with van der Waals surface area (Å²) in [4.78, 5) is 11.0. The highest BCUT2D eigenvalue weighted by Gasteiger charge is 2.00. The SMILES string of the molecule is CCCCCCCCSCC(=O)OCC. The lowest BCUT2D eigenvalue weighted by Crippen LogP contribution is -2.06. The number of carbonyl (C=O) groups excluding carboxylic acids is 1. The van der Waals surface area contributed by atoms with E-state index in [1.807, 2.05) is 6.92 Å². The quantitative estimate of drug-likeness (QED) is 0.425. The Morgan fingerprint density at radius 2 is 1.73 bits per heavy atom. The monoisotopic (exact) mass is 232 g/mol. The molecule has 0 rings (SSSR count). The van der Waals surface area contributed by atoms with Gasteiger partial charge in [-0.3, -0.25) is 4.79 Å². The van der Waals surface area contributed by atoms with Crippen LogP contribution in [0.15, 0.2) is 0 Å². The van der Waals surface area contributed by atoms with Gasteiger partial charge in [0.25, 0.3) is 0 Å². The summed E-state index contributed by atoms with van der Waals surface area (Å²) in [6.45, 7) is 4.57. The first-order valence-corrected chi connectivity index (χ1v) is 7.20. The number of thioether (sulfide) groups is 1. The lowest BCUT2D eigenvalue weighted by atomic mass is 10.1. The van der Waals surface area contributed by atoms with E-state index in [-0.39, 0.29) is 5.97 Å². The lowest BCUT2D eigenvalue weighted by Gasteiger charge is -2.02. The second kappa shape index (κ2) is 11.9. The molecule has 0 aliphatic heterocycles. The molecule has 3 heteroatoms. The van der Waals surface area contributed by atoms with Crippen molar-refractivity contribution in [3.05, 3.63) is 0 Å². The van der Waals surface area contributed by atoms with Gasteiger partial charge in [0, 0.05) is 0 Å². The van der Waals surface area contributed by atoms with Crippen molar-refractivity contribution < 1.29 is 9.53 Å². The largest absolute Gasteiger partial charge is 0.465 e. The van der Waals surface area contributed by atoms with E-state index >= 15 is 0 Å². The van der Waals surface area contributed by atoms with Gasteiger partial charge in [-0.1, -0.05) is 39.0 Å². The minimum Gasteiger partial charge on any atom is -0.465 e. The number of ether oxygens (including phenoxy) is 1. The van der Waals surface area contributed by atoms with Crippen LogP contribution in [0.5, 0.6) is 0 Å². The first-order valence-electron chi connectivity index (χ1n) is 6.04. The molecule has 15 heavy (non-hydrogen) atoms. The van der Waals surface area contributed by atoms with Crippen LogP contribution < -0.4 is 0 Å². The van der Waals surface area contributed by atoms with Gasteiger partial charge < -0.3 is 4.74 Å². The molecule has 90 valence electrons. The highest BCUT2D eigenvalue weighted by molar-refractivity contribution is 7.99. The maximum Gasteiger partial charge on any atom is 0.315 e. The van der Waals surface area contributed by atoms with Crippen molar-refractivity contribution in [1.82, 2.24) is 0 Å². The van der Waals surface area contributed by atoms with Crippen molar-refractivity contribution in [1.29, 1.82) is 0 Å². The smallest absolute Gasteiger partial charge is 0.315 e. The zero-order chi connectivity index (χ0) is 11.4. The average Bonchev–Trinajstić information content (AvgIpc) is 2.22. The normalized spacial score (nSPS) is 10.3. The Kier molecular flexibility index (Phi) is 11.7. The number of esters is 1. The molecule has 0 aliphatic rings. The Morgan fingerprint density at radius 1 is 1.07 bits per heavy atom. The van der Waals surface area contributed by atoms with Crippen molar-refractivity contribution in [2.45, 2.75) is 52.4 Å². The number of carbonyl (C=O) groups is 1. The van der Waals surface area contributed by atoms with E-state index in [0.29, 0.717) is 12.4 Å². The van der Waals surface area contributed by atoms with Gasteiger partial charge >= 0.3 is 5.97 Å². The zero-order valence-corrected chi connectivity index (χ0v) is 10.9. The van der Waals surface area contributed by atoms with Crippen LogP contribution >= 0.6 is 11.8 Å². The van der Waals surface area contributed by atoms with E-state index in [9.17, 15) is 4.79 Å². The first kappa shape index (κ1) is 14.8. The number of rotatable bonds is 10. The molecule has 0 fully saturated rings. The Morgan fingerprint density at radius 3 is 2.40 bits per heavy atom. The van der Waals surface area contributed by atoms with Crippen LogP contribution in [0.2, 0.25) is 0 Å². The molecule has 0 aliphatic carbocycles. The van der Waals surface area contributed by atoms with Crippen molar-refractivity contribution in [2.75, 3.05) is 18.1 Å². The van der Waals surface area contributed by atoms with Gasteiger partial charge in [-0.2, -0.15) is 11.8 Å². The fraction of sp³-hybridized carbons (Fsp3) is 0.917. The van der Waals surface area contributed by atoms with Crippen LogP contribution in [0.25, 0.3) is 0 Å². The summed E-state index contributed by atoms with van der Waals surface area (Å²) in [5, 5.41) is 0. The molecule has 0 atom stereocenters. The minimum atomic E-state index is -0.0755. The van der Waals surface area contributed by atoms with Crippen molar-refractivity contribution in [3.8, 4) is 0 Å². The van der Waals surface area contributed by atoms with Crippen LogP contribution in [0, 0.1) is 0 Å². The van der Waals surface area contributed by atoms with Crippen molar-refractivity contribution in [2.24, 2.45) is 0 Å². The Hall–Kier alpha value is -0.180. The summed E-state index contributed by atoms with van der Waals surface area (Å²) in [6, 6.07) is 0. The topological polar surface area (TPSA) is 26.3 Å². The molecular weight excluding hydrogens is 208 g/mol. The second-order valence-electron chi connectivity index (χ2n) is 3.63. The van der Waals surface area contributed by atoms with Crippen LogP contribution in [-0.2, 0) is 9.53 Å². The molecule has 0 bridgehead atoms. The Balaban J connectivity index is 3.01. The third-order valence-corrected chi connectivity index (χ3v) is 3.18. The van der Waals surface area contributed by atoms with Gasteiger partial charge in [0.1, 0.15) is 0 Å². The second-order valence-corrected chi connectivity index (χ2v) is 4.73. The summed E-state index contributed by atoms with van der Waals surface area (Å²) in [6.07, 6.45) is 7.89.